The van der Waals surface area contributed by atoms with E-state index in [2.05, 4.69) is 11.9 Å². The molecule has 0 bridgehead atoms. The summed E-state index contributed by atoms with van der Waals surface area (Å²) in [6.45, 7) is 2.02. The fraction of sp³-hybridized carbons (Fsp3) is 0.750. The van der Waals surface area contributed by atoms with E-state index in [0.29, 0.717) is 7.18 Å². The van der Waals surface area contributed by atoms with Crippen LogP contribution < -0.4 is 0 Å². The van der Waals surface area contributed by atoms with Gasteiger partial charge in [-0.2, -0.15) is 0 Å². The number of alkyl halides is 1. The lowest BCUT2D eigenvalue weighted by Gasteiger charge is -2.22. The van der Waals surface area contributed by atoms with Crippen molar-refractivity contribution < 1.29 is 8.78 Å². The van der Waals surface area contributed by atoms with Crippen LogP contribution in [0.15, 0.2) is 11.9 Å². The van der Waals surface area contributed by atoms with Crippen LogP contribution in [0.5, 0.6) is 0 Å². The maximum atomic E-state index is 11.8. The molecule has 1 saturated heterocycles. The van der Waals surface area contributed by atoms with Crippen molar-refractivity contribution in [3.63, 3.8) is 0 Å². The van der Waals surface area contributed by atoms with E-state index in [4.69, 9.17) is 0 Å². The normalized spacial score (nSPS) is 18.7. The molecule has 0 spiro atoms. The Morgan fingerprint density at radius 3 is 2.09 bits per heavy atom. The predicted molar refractivity (Wildman–Crippen MR) is 43.0 cm³/mol. The predicted octanol–water partition coefficient (Wildman–Crippen LogP) is 2.15. The lowest BCUT2D eigenvalue weighted by molar-refractivity contribution is 0.310. The van der Waals surface area contributed by atoms with E-state index in [1.54, 1.807) is 0 Å². The van der Waals surface area contributed by atoms with Gasteiger partial charge in [-0.1, -0.05) is 0 Å². The molecule has 1 aliphatic heterocycles. The van der Waals surface area contributed by atoms with Crippen LogP contribution in [0.4, 0.5) is 8.78 Å². The molecule has 0 aliphatic carbocycles. The summed E-state index contributed by atoms with van der Waals surface area (Å²) in [5.41, 5.74) is 0.966. The van der Waals surface area contributed by atoms with E-state index in [9.17, 15) is 8.78 Å². The fourth-order valence-electron chi connectivity index (χ4n) is 1.01. The zero-order valence-corrected chi connectivity index (χ0v) is 7.11. The summed E-state index contributed by atoms with van der Waals surface area (Å²) in [5.74, 6) is 0. The lowest BCUT2D eigenvalue weighted by atomic mass is 10.1. The van der Waals surface area contributed by atoms with E-state index in [1.807, 2.05) is 0 Å². The van der Waals surface area contributed by atoms with Crippen LogP contribution >= 0.6 is 0 Å². The second-order valence-corrected chi connectivity index (χ2v) is 2.57. The first-order chi connectivity index (χ1) is 5.33. The highest BCUT2D eigenvalue weighted by Gasteiger charge is 2.08. The van der Waals surface area contributed by atoms with E-state index < -0.39 is 0 Å². The number of nitrogens with zero attached hydrogens (tertiary/aromatic N) is 1. The first-order valence-electron chi connectivity index (χ1n) is 3.67. The molecule has 1 heterocycles. The third kappa shape index (κ3) is 4.09. The zero-order valence-electron chi connectivity index (χ0n) is 7.11. The van der Waals surface area contributed by atoms with Gasteiger partial charge in [0.2, 0.25) is 0 Å². The highest BCUT2D eigenvalue weighted by Crippen LogP contribution is 2.13. The highest BCUT2D eigenvalue weighted by atomic mass is 19.1. The topological polar surface area (TPSA) is 3.24 Å². The van der Waals surface area contributed by atoms with Crippen LogP contribution in [0.2, 0.25) is 0 Å². The van der Waals surface area contributed by atoms with Crippen LogP contribution in [0, 0.1) is 0 Å². The van der Waals surface area contributed by atoms with Gasteiger partial charge in [-0.05, 0) is 25.5 Å². The Bertz CT molecular complexity index is 113. The van der Waals surface area contributed by atoms with Crippen molar-refractivity contribution in [2.75, 3.05) is 27.3 Å². The van der Waals surface area contributed by atoms with E-state index in [-0.39, 0.29) is 0 Å². The summed E-state index contributed by atoms with van der Waals surface area (Å²) in [6, 6.07) is 0. The molecule has 0 radical (unpaired) electrons. The van der Waals surface area contributed by atoms with Crippen LogP contribution in [0.1, 0.15) is 12.8 Å². The fourth-order valence-corrected chi connectivity index (χ4v) is 1.01. The minimum absolute atomic E-state index is 0.500. The van der Waals surface area contributed by atoms with Crippen molar-refractivity contribution in [1.29, 1.82) is 0 Å². The monoisotopic (exact) mass is 163 g/mol. The van der Waals surface area contributed by atoms with Gasteiger partial charge < -0.3 is 4.90 Å². The number of halogens is 2. The molecule has 1 aliphatic rings. The van der Waals surface area contributed by atoms with Gasteiger partial charge in [0.15, 0.2) is 0 Å². The van der Waals surface area contributed by atoms with Crippen molar-refractivity contribution in [3.8, 4) is 0 Å². The Labute approximate surface area is 66.7 Å². The van der Waals surface area contributed by atoms with Gasteiger partial charge in [0, 0.05) is 13.1 Å². The Kier molecular flexibility index (Phi) is 6.03. The smallest absolute Gasteiger partial charge is 0.0859 e. The molecule has 1 rings (SSSR count). The Hall–Kier alpha value is -0.440. The number of likely N-dealkylation sites (tertiary alicyclic amines) is 1. The SMILES string of the molecule is CF.CN1CCC(=CF)CC1. The van der Waals surface area contributed by atoms with E-state index in [0.717, 1.165) is 37.8 Å². The first kappa shape index (κ1) is 10.6. The molecule has 0 amide bonds. The summed E-state index contributed by atoms with van der Waals surface area (Å²) in [5, 5.41) is 0. The second kappa shape index (κ2) is 6.28. The molecule has 0 aromatic rings. The van der Waals surface area contributed by atoms with Gasteiger partial charge in [-0.25, -0.2) is 4.39 Å². The average molecular weight is 163 g/mol. The van der Waals surface area contributed by atoms with Crippen molar-refractivity contribution in [1.82, 2.24) is 4.90 Å². The van der Waals surface area contributed by atoms with E-state index >= 15 is 0 Å². The molecular formula is C8H15F2N. The highest BCUT2D eigenvalue weighted by molar-refractivity contribution is 5.01. The van der Waals surface area contributed by atoms with Crippen LogP contribution in [0.25, 0.3) is 0 Å². The summed E-state index contributed by atoms with van der Waals surface area (Å²) in [6.07, 6.45) is 2.58. The molecule has 66 valence electrons. The molecule has 0 aromatic carbocycles. The van der Waals surface area contributed by atoms with Gasteiger partial charge in [-0.3, -0.25) is 4.39 Å². The zero-order chi connectivity index (χ0) is 8.69. The van der Waals surface area contributed by atoms with Gasteiger partial charge in [0.05, 0.1) is 13.5 Å². The standard InChI is InChI=1S/C7H12FN.CH3F/c1-9-4-2-7(6-8)3-5-9;1-2/h6H,2-5H2,1H3;1H3. The van der Waals surface area contributed by atoms with Gasteiger partial charge in [0.1, 0.15) is 0 Å². The summed E-state index contributed by atoms with van der Waals surface area (Å²) in [4.78, 5) is 2.22. The van der Waals surface area contributed by atoms with Crippen LogP contribution in [-0.4, -0.2) is 32.2 Å². The average Bonchev–Trinajstić information content (AvgIpc) is 2.10. The van der Waals surface area contributed by atoms with Crippen molar-refractivity contribution in [2.24, 2.45) is 0 Å². The molecule has 3 heteroatoms. The quantitative estimate of drug-likeness (QED) is 0.529. The molecule has 0 aromatic heterocycles. The molecule has 0 unspecified atom stereocenters. The molecule has 0 saturated carbocycles. The van der Waals surface area contributed by atoms with E-state index in [1.165, 1.54) is 0 Å². The molecule has 1 fully saturated rings. The van der Waals surface area contributed by atoms with Crippen molar-refractivity contribution in [2.45, 2.75) is 12.8 Å². The summed E-state index contributed by atoms with van der Waals surface area (Å²) < 4.78 is 21.3. The van der Waals surface area contributed by atoms with Crippen molar-refractivity contribution in [3.05, 3.63) is 11.9 Å². The second-order valence-electron chi connectivity index (χ2n) is 2.57. The van der Waals surface area contributed by atoms with Crippen LogP contribution in [-0.2, 0) is 0 Å². The number of rotatable bonds is 0. The third-order valence-corrected chi connectivity index (χ3v) is 1.78. The summed E-state index contributed by atoms with van der Waals surface area (Å²) >= 11 is 0. The number of hydrogen-bond donors (Lipinski definition) is 0. The third-order valence-electron chi connectivity index (χ3n) is 1.78. The maximum absolute atomic E-state index is 11.8. The lowest BCUT2D eigenvalue weighted by Crippen LogP contribution is -2.26. The van der Waals surface area contributed by atoms with Crippen molar-refractivity contribution >= 4 is 0 Å². The minimum Gasteiger partial charge on any atom is -0.306 e. The molecule has 1 nitrogen and oxygen atoms in total. The number of piperidine rings is 1. The molecule has 0 atom stereocenters. The molecular weight excluding hydrogens is 148 g/mol. The Morgan fingerprint density at radius 2 is 1.73 bits per heavy atom. The van der Waals surface area contributed by atoms with Gasteiger partial charge in [-0.15, -0.1) is 0 Å². The largest absolute Gasteiger partial charge is 0.306 e. The Morgan fingerprint density at radius 1 is 1.27 bits per heavy atom. The first-order valence-corrected chi connectivity index (χ1v) is 3.67. The van der Waals surface area contributed by atoms with Crippen LogP contribution in [0.3, 0.4) is 0 Å². The Balaban J connectivity index is 0.000000461. The maximum Gasteiger partial charge on any atom is 0.0859 e. The molecule has 11 heavy (non-hydrogen) atoms. The van der Waals surface area contributed by atoms with Gasteiger partial charge in [0.25, 0.3) is 0 Å². The summed E-state index contributed by atoms with van der Waals surface area (Å²) in [7, 11) is 2.56. The molecule has 0 N–H and O–H groups in total. The minimum atomic E-state index is 0.500. The number of hydrogen-bond acceptors (Lipinski definition) is 1. The van der Waals surface area contributed by atoms with Gasteiger partial charge >= 0.3 is 0 Å².